The number of nitrogens with one attached hydrogen (secondary N) is 1. The van der Waals surface area contributed by atoms with Gasteiger partial charge in [0.15, 0.2) is 0 Å². The molecule has 1 aliphatic carbocycles. The average Bonchev–Trinajstić information content (AvgIpc) is 2.33. The third-order valence-corrected chi connectivity index (χ3v) is 3.67. The summed E-state index contributed by atoms with van der Waals surface area (Å²) in [5.74, 6) is 0. The molecule has 1 heterocycles. The van der Waals surface area contributed by atoms with E-state index in [9.17, 15) is 5.11 Å². The Hall–Kier alpha value is -0.160. The first-order valence-corrected chi connectivity index (χ1v) is 6.58. The Kier molecular flexibility index (Phi) is 5.03. The van der Waals surface area contributed by atoms with Crippen LogP contribution in [0.15, 0.2) is 0 Å². The van der Waals surface area contributed by atoms with Crippen LogP contribution in [-0.2, 0) is 4.74 Å². The van der Waals surface area contributed by atoms with Crippen molar-refractivity contribution in [3.63, 3.8) is 0 Å². The second-order valence-corrected chi connectivity index (χ2v) is 4.87. The third-order valence-electron chi connectivity index (χ3n) is 3.67. The number of aliphatic hydroxyl groups is 1. The molecular formula is C12H24N2O2. The standard InChI is InChI=1S/C12H24N2O2/c15-12-4-2-1-3-11(12)13-5-6-14-7-9-16-10-8-14/h11-13,15H,1-10H2/t11-,12-/m1/s1. The Labute approximate surface area is 98.0 Å². The van der Waals surface area contributed by atoms with Crippen LogP contribution in [0.1, 0.15) is 25.7 Å². The number of aliphatic hydroxyl groups excluding tert-OH is 1. The fourth-order valence-corrected chi connectivity index (χ4v) is 2.58. The number of hydrogen-bond acceptors (Lipinski definition) is 4. The first-order valence-electron chi connectivity index (χ1n) is 6.58. The van der Waals surface area contributed by atoms with E-state index in [0.29, 0.717) is 6.04 Å². The average molecular weight is 228 g/mol. The molecule has 0 unspecified atom stereocenters. The molecular weight excluding hydrogens is 204 g/mol. The van der Waals surface area contributed by atoms with E-state index in [4.69, 9.17) is 4.74 Å². The summed E-state index contributed by atoms with van der Waals surface area (Å²) >= 11 is 0. The summed E-state index contributed by atoms with van der Waals surface area (Å²) < 4.78 is 5.31. The van der Waals surface area contributed by atoms with Gasteiger partial charge in [0.25, 0.3) is 0 Å². The predicted molar refractivity (Wildman–Crippen MR) is 63.5 cm³/mol. The molecule has 2 aliphatic rings. The van der Waals surface area contributed by atoms with Crippen molar-refractivity contribution in [2.24, 2.45) is 0 Å². The van der Waals surface area contributed by atoms with Crippen molar-refractivity contribution < 1.29 is 9.84 Å². The van der Waals surface area contributed by atoms with Gasteiger partial charge in [-0.3, -0.25) is 4.90 Å². The van der Waals surface area contributed by atoms with Gasteiger partial charge in [-0.2, -0.15) is 0 Å². The van der Waals surface area contributed by atoms with Gasteiger partial charge in [0.2, 0.25) is 0 Å². The topological polar surface area (TPSA) is 44.7 Å². The van der Waals surface area contributed by atoms with Gasteiger partial charge in [0, 0.05) is 32.2 Å². The van der Waals surface area contributed by atoms with Crippen molar-refractivity contribution in [3.05, 3.63) is 0 Å². The van der Waals surface area contributed by atoms with Crippen molar-refractivity contribution in [3.8, 4) is 0 Å². The molecule has 0 aromatic rings. The van der Waals surface area contributed by atoms with E-state index in [0.717, 1.165) is 52.2 Å². The SMILES string of the molecule is O[C@@H]1CCCC[C@H]1NCCN1CCOCC1. The number of rotatable bonds is 4. The van der Waals surface area contributed by atoms with E-state index in [1.54, 1.807) is 0 Å². The Balaban J connectivity index is 1.59. The minimum Gasteiger partial charge on any atom is -0.392 e. The van der Waals surface area contributed by atoms with Crippen molar-refractivity contribution in [1.29, 1.82) is 0 Å². The molecule has 1 saturated carbocycles. The highest BCUT2D eigenvalue weighted by molar-refractivity contribution is 4.80. The quantitative estimate of drug-likeness (QED) is 0.722. The number of ether oxygens (including phenoxy) is 1. The minimum absolute atomic E-state index is 0.126. The molecule has 0 spiro atoms. The van der Waals surface area contributed by atoms with Crippen molar-refractivity contribution in [2.45, 2.75) is 37.8 Å². The highest BCUT2D eigenvalue weighted by Crippen LogP contribution is 2.17. The molecule has 0 radical (unpaired) electrons. The zero-order valence-corrected chi connectivity index (χ0v) is 10.0. The highest BCUT2D eigenvalue weighted by Gasteiger charge is 2.22. The van der Waals surface area contributed by atoms with E-state index < -0.39 is 0 Å². The Morgan fingerprint density at radius 3 is 2.69 bits per heavy atom. The van der Waals surface area contributed by atoms with Gasteiger partial charge in [0.1, 0.15) is 0 Å². The molecule has 0 amide bonds. The first kappa shape index (κ1) is 12.3. The second-order valence-electron chi connectivity index (χ2n) is 4.87. The maximum Gasteiger partial charge on any atom is 0.0693 e. The van der Waals surface area contributed by atoms with Crippen LogP contribution < -0.4 is 5.32 Å². The molecule has 16 heavy (non-hydrogen) atoms. The van der Waals surface area contributed by atoms with E-state index in [1.165, 1.54) is 12.8 Å². The number of nitrogens with zero attached hydrogens (tertiary/aromatic N) is 1. The normalized spacial score (nSPS) is 32.8. The van der Waals surface area contributed by atoms with Crippen LogP contribution in [0.25, 0.3) is 0 Å². The van der Waals surface area contributed by atoms with Crippen LogP contribution in [0.2, 0.25) is 0 Å². The summed E-state index contributed by atoms with van der Waals surface area (Å²) in [6, 6.07) is 0.329. The molecule has 1 saturated heterocycles. The molecule has 0 bridgehead atoms. The van der Waals surface area contributed by atoms with Crippen molar-refractivity contribution in [2.75, 3.05) is 39.4 Å². The largest absolute Gasteiger partial charge is 0.392 e. The highest BCUT2D eigenvalue weighted by atomic mass is 16.5. The zero-order valence-electron chi connectivity index (χ0n) is 10.0. The Morgan fingerprint density at radius 2 is 1.94 bits per heavy atom. The third kappa shape index (κ3) is 3.70. The van der Waals surface area contributed by atoms with Crippen LogP contribution in [0, 0.1) is 0 Å². The van der Waals surface area contributed by atoms with Gasteiger partial charge in [-0.25, -0.2) is 0 Å². The summed E-state index contributed by atoms with van der Waals surface area (Å²) in [7, 11) is 0. The Bertz CT molecular complexity index is 195. The molecule has 94 valence electrons. The molecule has 2 atom stereocenters. The molecule has 4 heteroatoms. The monoisotopic (exact) mass is 228 g/mol. The molecule has 2 N–H and O–H groups in total. The summed E-state index contributed by atoms with van der Waals surface area (Å²) in [6.07, 6.45) is 4.41. The minimum atomic E-state index is -0.126. The van der Waals surface area contributed by atoms with Crippen molar-refractivity contribution >= 4 is 0 Å². The maximum absolute atomic E-state index is 9.81. The summed E-state index contributed by atoms with van der Waals surface area (Å²) in [4.78, 5) is 2.42. The van der Waals surface area contributed by atoms with E-state index in [-0.39, 0.29) is 6.10 Å². The lowest BCUT2D eigenvalue weighted by atomic mass is 9.93. The summed E-state index contributed by atoms with van der Waals surface area (Å²) in [5.41, 5.74) is 0. The number of hydrogen-bond donors (Lipinski definition) is 2. The first-order chi connectivity index (χ1) is 7.86. The number of morpholine rings is 1. The molecule has 0 aromatic carbocycles. The zero-order chi connectivity index (χ0) is 11.2. The van der Waals surface area contributed by atoms with Gasteiger partial charge < -0.3 is 15.2 Å². The van der Waals surface area contributed by atoms with Gasteiger partial charge in [-0.15, -0.1) is 0 Å². The molecule has 1 aliphatic heterocycles. The van der Waals surface area contributed by atoms with E-state index in [1.807, 2.05) is 0 Å². The maximum atomic E-state index is 9.81. The summed E-state index contributed by atoms with van der Waals surface area (Å²) in [6.45, 7) is 5.90. The predicted octanol–water partition coefficient (Wildman–Crippen LogP) is 0.212. The van der Waals surface area contributed by atoms with Gasteiger partial charge in [-0.05, 0) is 12.8 Å². The molecule has 4 nitrogen and oxygen atoms in total. The molecule has 0 aromatic heterocycles. The second kappa shape index (κ2) is 6.55. The fourth-order valence-electron chi connectivity index (χ4n) is 2.58. The van der Waals surface area contributed by atoms with Gasteiger partial charge in [0.05, 0.1) is 19.3 Å². The summed E-state index contributed by atoms with van der Waals surface area (Å²) in [5, 5.41) is 13.3. The van der Waals surface area contributed by atoms with E-state index >= 15 is 0 Å². The van der Waals surface area contributed by atoms with E-state index in [2.05, 4.69) is 10.2 Å². The molecule has 2 fully saturated rings. The van der Waals surface area contributed by atoms with Crippen LogP contribution >= 0.6 is 0 Å². The van der Waals surface area contributed by atoms with Crippen LogP contribution in [0.4, 0.5) is 0 Å². The van der Waals surface area contributed by atoms with Crippen LogP contribution in [-0.4, -0.2) is 61.5 Å². The van der Waals surface area contributed by atoms with Crippen LogP contribution in [0.3, 0.4) is 0 Å². The van der Waals surface area contributed by atoms with Gasteiger partial charge >= 0.3 is 0 Å². The lowest BCUT2D eigenvalue weighted by Gasteiger charge is -2.31. The lowest BCUT2D eigenvalue weighted by molar-refractivity contribution is 0.0358. The Morgan fingerprint density at radius 1 is 1.19 bits per heavy atom. The van der Waals surface area contributed by atoms with Crippen LogP contribution in [0.5, 0.6) is 0 Å². The van der Waals surface area contributed by atoms with Gasteiger partial charge in [-0.1, -0.05) is 12.8 Å². The van der Waals surface area contributed by atoms with Crippen molar-refractivity contribution in [1.82, 2.24) is 10.2 Å². The fraction of sp³-hybridized carbons (Fsp3) is 1.00. The lowest BCUT2D eigenvalue weighted by Crippen LogP contribution is -2.46. The molecule has 2 rings (SSSR count). The smallest absolute Gasteiger partial charge is 0.0693 e.